The van der Waals surface area contributed by atoms with Crippen molar-refractivity contribution in [2.24, 2.45) is 0 Å². The minimum atomic E-state index is 0.653. The van der Waals surface area contributed by atoms with Gasteiger partial charge in [-0.3, -0.25) is 0 Å². The van der Waals surface area contributed by atoms with Gasteiger partial charge in [-0.2, -0.15) is 0 Å². The Balaban J connectivity index is 2.64. The molecule has 0 saturated heterocycles. The van der Waals surface area contributed by atoms with E-state index in [-0.39, 0.29) is 0 Å². The van der Waals surface area contributed by atoms with Gasteiger partial charge in [0, 0.05) is 6.08 Å². The minimum Gasteiger partial charge on any atom is -0.442 e. The summed E-state index contributed by atoms with van der Waals surface area (Å²) >= 11 is 0. The Morgan fingerprint density at radius 1 is 1.45 bits per heavy atom. The molecule has 1 aromatic rings. The second-order valence-electron chi connectivity index (χ2n) is 2.19. The van der Waals surface area contributed by atoms with Crippen LogP contribution in [0.15, 0.2) is 28.8 Å². The molecule has 0 spiro atoms. The number of nitrogens with zero attached hydrogens (tertiary/aromatic N) is 1. The predicted molar refractivity (Wildman–Crippen MR) is 45.1 cm³/mol. The van der Waals surface area contributed by atoms with E-state index in [0.717, 1.165) is 5.76 Å². The lowest BCUT2D eigenvalue weighted by Gasteiger charge is -1.79. The molecule has 0 aliphatic carbocycles. The van der Waals surface area contributed by atoms with Crippen LogP contribution in [0.5, 0.6) is 0 Å². The second kappa shape index (κ2) is 3.76. The van der Waals surface area contributed by atoms with Gasteiger partial charge >= 0.3 is 0 Å². The van der Waals surface area contributed by atoms with E-state index in [1.807, 2.05) is 38.2 Å². The summed E-state index contributed by atoms with van der Waals surface area (Å²) in [6, 6.07) is 0. The molecule has 0 fully saturated rings. The van der Waals surface area contributed by atoms with E-state index in [1.165, 1.54) is 0 Å². The van der Waals surface area contributed by atoms with Crippen molar-refractivity contribution in [1.82, 2.24) is 4.98 Å². The summed E-state index contributed by atoms with van der Waals surface area (Å²) in [6.45, 7) is 3.84. The lowest BCUT2D eigenvalue weighted by atomic mass is 10.4. The summed E-state index contributed by atoms with van der Waals surface area (Å²) in [4.78, 5) is 4.00. The zero-order valence-corrected chi connectivity index (χ0v) is 6.74. The van der Waals surface area contributed by atoms with Crippen molar-refractivity contribution in [1.29, 1.82) is 0 Å². The molecular weight excluding hydrogens is 138 g/mol. The third-order valence-corrected chi connectivity index (χ3v) is 1.18. The fourth-order valence-corrected chi connectivity index (χ4v) is 0.698. The standard InChI is InChI=1S/C9H11NO/c1-3-4-5-6-9-10-7-8(2)11-9/h3-7H,1-2H3. The molecule has 0 amide bonds. The molecule has 0 saturated carbocycles. The van der Waals surface area contributed by atoms with Gasteiger partial charge in [-0.15, -0.1) is 0 Å². The number of rotatable bonds is 2. The zero-order valence-electron chi connectivity index (χ0n) is 6.74. The van der Waals surface area contributed by atoms with Gasteiger partial charge in [-0.1, -0.05) is 18.2 Å². The largest absolute Gasteiger partial charge is 0.442 e. The van der Waals surface area contributed by atoms with Gasteiger partial charge in [0.05, 0.1) is 6.20 Å². The Kier molecular flexibility index (Phi) is 2.66. The van der Waals surface area contributed by atoms with Crippen molar-refractivity contribution in [2.75, 3.05) is 0 Å². The van der Waals surface area contributed by atoms with Crippen LogP contribution >= 0.6 is 0 Å². The third-order valence-electron chi connectivity index (χ3n) is 1.18. The number of allylic oxidation sites excluding steroid dienone is 3. The van der Waals surface area contributed by atoms with Crippen LogP contribution in [-0.2, 0) is 0 Å². The molecule has 0 aliphatic rings. The second-order valence-corrected chi connectivity index (χ2v) is 2.19. The summed E-state index contributed by atoms with van der Waals surface area (Å²) in [7, 11) is 0. The summed E-state index contributed by atoms with van der Waals surface area (Å²) in [5.74, 6) is 1.49. The molecule has 1 aromatic heterocycles. The summed E-state index contributed by atoms with van der Waals surface area (Å²) in [5.41, 5.74) is 0. The number of aryl methyl sites for hydroxylation is 1. The SMILES string of the molecule is CC=CC=Cc1ncc(C)o1. The normalized spacial score (nSPS) is 11.8. The van der Waals surface area contributed by atoms with Gasteiger partial charge in [0.2, 0.25) is 5.89 Å². The van der Waals surface area contributed by atoms with Crippen LogP contribution in [0.1, 0.15) is 18.6 Å². The van der Waals surface area contributed by atoms with E-state index in [0.29, 0.717) is 5.89 Å². The third kappa shape index (κ3) is 2.42. The van der Waals surface area contributed by atoms with Crippen LogP contribution in [0.3, 0.4) is 0 Å². The Morgan fingerprint density at radius 3 is 2.82 bits per heavy atom. The molecule has 2 heteroatoms. The number of hydrogen-bond donors (Lipinski definition) is 0. The molecule has 2 nitrogen and oxygen atoms in total. The Labute approximate surface area is 66.3 Å². The maximum atomic E-state index is 5.20. The first-order chi connectivity index (χ1) is 5.33. The van der Waals surface area contributed by atoms with E-state index < -0.39 is 0 Å². The lowest BCUT2D eigenvalue weighted by Crippen LogP contribution is -1.64. The Bertz CT molecular complexity index is 271. The van der Waals surface area contributed by atoms with Crippen LogP contribution in [0.25, 0.3) is 6.08 Å². The summed E-state index contributed by atoms with van der Waals surface area (Å²) < 4.78 is 5.20. The van der Waals surface area contributed by atoms with E-state index in [9.17, 15) is 0 Å². The molecule has 0 aliphatic heterocycles. The average Bonchev–Trinajstić information content (AvgIpc) is 2.37. The predicted octanol–water partition coefficient (Wildman–Crippen LogP) is 2.57. The number of hydrogen-bond acceptors (Lipinski definition) is 2. The quantitative estimate of drug-likeness (QED) is 0.604. The number of aromatic nitrogens is 1. The van der Waals surface area contributed by atoms with Crippen LogP contribution in [-0.4, -0.2) is 4.98 Å². The average molecular weight is 149 g/mol. The topological polar surface area (TPSA) is 26.0 Å². The zero-order chi connectivity index (χ0) is 8.10. The van der Waals surface area contributed by atoms with E-state index in [1.54, 1.807) is 6.20 Å². The minimum absolute atomic E-state index is 0.653. The van der Waals surface area contributed by atoms with Gasteiger partial charge in [-0.25, -0.2) is 4.98 Å². The monoisotopic (exact) mass is 149 g/mol. The van der Waals surface area contributed by atoms with Crippen molar-refractivity contribution in [3.8, 4) is 0 Å². The smallest absolute Gasteiger partial charge is 0.218 e. The maximum absolute atomic E-state index is 5.20. The highest BCUT2D eigenvalue weighted by atomic mass is 16.3. The van der Waals surface area contributed by atoms with Crippen LogP contribution in [0.4, 0.5) is 0 Å². The molecule has 1 rings (SSSR count). The van der Waals surface area contributed by atoms with Gasteiger partial charge in [0.1, 0.15) is 5.76 Å². The highest BCUT2D eigenvalue weighted by molar-refractivity contribution is 5.40. The van der Waals surface area contributed by atoms with Crippen molar-refractivity contribution in [3.05, 3.63) is 36.1 Å². The van der Waals surface area contributed by atoms with Gasteiger partial charge in [-0.05, 0) is 13.8 Å². The molecule has 0 unspecified atom stereocenters. The van der Waals surface area contributed by atoms with Crippen molar-refractivity contribution in [3.63, 3.8) is 0 Å². The van der Waals surface area contributed by atoms with Gasteiger partial charge in [0.25, 0.3) is 0 Å². The van der Waals surface area contributed by atoms with Gasteiger partial charge < -0.3 is 4.42 Å². The van der Waals surface area contributed by atoms with Crippen LogP contribution in [0, 0.1) is 6.92 Å². The molecular formula is C9H11NO. The first kappa shape index (κ1) is 7.79. The molecule has 0 aromatic carbocycles. The highest BCUT2D eigenvalue weighted by Gasteiger charge is 1.91. The Hall–Kier alpha value is -1.31. The first-order valence-electron chi connectivity index (χ1n) is 3.54. The summed E-state index contributed by atoms with van der Waals surface area (Å²) in [5, 5.41) is 0. The molecule has 0 radical (unpaired) electrons. The maximum Gasteiger partial charge on any atom is 0.218 e. The molecule has 0 atom stereocenters. The molecule has 11 heavy (non-hydrogen) atoms. The molecule has 1 heterocycles. The Morgan fingerprint density at radius 2 is 2.27 bits per heavy atom. The van der Waals surface area contributed by atoms with Crippen molar-refractivity contribution >= 4 is 6.08 Å². The first-order valence-corrected chi connectivity index (χ1v) is 3.54. The fraction of sp³-hybridized carbons (Fsp3) is 0.222. The fourth-order valence-electron chi connectivity index (χ4n) is 0.698. The summed E-state index contributed by atoms with van der Waals surface area (Å²) in [6.07, 6.45) is 9.30. The molecule has 0 bridgehead atoms. The van der Waals surface area contributed by atoms with Crippen molar-refractivity contribution < 1.29 is 4.42 Å². The van der Waals surface area contributed by atoms with Crippen molar-refractivity contribution in [2.45, 2.75) is 13.8 Å². The number of oxazole rings is 1. The van der Waals surface area contributed by atoms with E-state index in [4.69, 9.17) is 4.42 Å². The molecule has 0 N–H and O–H groups in total. The highest BCUT2D eigenvalue weighted by Crippen LogP contribution is 2.02. The van der Waals surface area contributed by atoms with Gasteiger partial charge in [0.15, 0.2) is 0 Å². The van der Waals surface area contributed by atoms with Crippen LogP contribution in [0.2, 0.25) is 0 Å². The lowest BCUT2D eigenvalue weighted by molar-refractivity contribution is 0.517. The molecule has 58 valence electrons. The van der Waals surface area contributed by atoms with E-state index in [2.05, 4.69) is 4.98 Å². The van der Waals surface area contributed by atoms with Crippen LogP contribution < -0.4 is 0 Å². The van der Waals surface area contributed by atoms with E-state index >= 15 is 0 Å².